The van der Waals surface area contributed by atoms with Crippen LogP contribution >= 0.6 is 0 Å². The third-order valence-corrected chi connectivity index (χ3v) is 11.4. The van der Waals surface area contributed by atoms with Crippen molar-refractivity contribution < 1.29 is 28.6 Å². The van der Waals surface area contributed by atoms with Gasteiger partial charge in [-0.1, -0.05) is 228 Å². The van der Waals surface area contributed by atoms with Crippen LogP contribution in [0.4, 0.5) is 0 Å². The van der Waals surface area contributed by atoms with Crippen LogP contribution in [0.15, 0.2) is 85.1 Å². The lowest BCUT2D eigenvalue weighted by atomic mass is 10.0. The molecule has 1 atom stereocenters. The predicted molar refractivity (Wildman–Crippen MR) is 279 cm³/mol. The Morgan fingerprint density at radius 2 is 0.631 bits per heavy atom. The van der Waals surface area contributed by atoms with Crippen LogP contribution in [0.5, 0.6) is 0 Å². The number of hydrogen-bond donors (Lipinski definition) is 0. The maximum Gasteiger partial charge on any atom is 0.306 e. The highest BCUT2D eigenvalue weighted by atomic mass is 16.6. The molecule has 0 amide bonds. The van der Waals surface area contributed by atoms with Gasteiger partial charge in [-0.25, -0.2) is 0 Å². The molecule has 0 spiro atoms. The van der Waals surface area contributed by atoms with E-state index >= 15 is 0 Å². The van der Waals surface area contributed by atoms with Crippen LogP contribution in [0.3, 0.4) is 0 Å². The van der Waals surface area contributed by atoms with Crippen LogP contribution in [0.25, 0.3) is 0 Å². The molecule has 372 valence electrons. The SMILES string of the molecule is CC/C=C\C/C=C\C/C=C\C/C=C\C/C=C\CCCCCCCC(=O)OCC(COC(=O)CCCCCCCCCCCCCCC)OC(=O)CCCCCCC/C=C\C/C=C\CCC. The van der Waals surface area contributed by atoms with Crippen molar-refractivity contribution in [3.63, 3.8) is 0 Å². The predicted octanol–water partition coefficient (Wildman–Crippen LogP) is 18.0. The minimum Gasteiger partial charge on any atom is -0.462 e. The first-order chi connectivity index (χ1) is 32.0. The van der Waals surface area contributed by atoms with E-state index in [4.69, 9.17) is 14.2 Å². The van der Waals surface area contributed by atoms with Gasteiger partial charge in [-0.3, -0.25) is 14.4 Å². The van der Waals surface area contributed by atoms with E-state index in [-0.39, 0.29) is 31.1 Å². The van der Waals surface area contributed by atoms with E-state index in [1.54, 1.807) is 0 Å². The second-order valence-electron chi connectivity index (χ2n) is 17.8. The van der Waals surface area contributed by atoms with Gasteiger partial charge in [0.2, 0.25) is 0 Å². The molecule has 0 aliphatic rings. The number of rotatable bonds is 48. The van der Waals surface area contributed by atoms with Crippen LogP contribution < -0.4 is 0 Å². The van der Waals surface area contributed by atoms with Crippen molar-refractivity contribution in [3.05, 3.63) is 85.1 Å². The van der Waals surface area contributed by atoms with Gasteiger partial charge < -0.3 is 14.2 Å². The van der Waals surface area contributed by atoms with Gasteiger partial charge in [0.25, 0.3) is 0 Å². The Morgan fingerprint density at radius 3 is 1.00 bits per heavy atom. The Balaban J connectivity index is 4.40. The number of unbranched alkanes of at least 4 members (excludes halogenated alkanes) is 23. The normalized spacial score (nSPS) is 12.7. The van der Waals surface area contributed by atoms with Crippen LogP contribution in [0.1, 0.15) is 252 Å². The van der Waals surface area contributed by atoms with Crippen LogP contribution in [0, 0.1) is 0 Å². The summed E-state index contributed by atoms with van der Waals surface area (Å²) >= 11 is 0. The largest absolute Gasteiger partial charge is 0.462 e. The molecule has 0 saturated heterocycles. The molecule has 0 aromatic carbocycles. The molecule has 0 saturated carbocycles. The van der Waals surface area contributed by atoms with E-state index < -0.39 is 6.10 Å². The summed E-state index contributed by atoms with van der Waals surface area (Å²) in [5.74, 6) is -0.919. The summed E-state index contributed by atoms with van der Waals surface area (Å²) in [6, 6.07) is 0. The van der Waals surface area contributed by atoms with Crippen LogP contribution in [-0.2, 0) is 28.6 Å². The second-order valence-corrected chi connectivity index (χ2v) is 17.8. The van der Waals surface area contributed by atoms with Gasteiger partial charge in [-0.05, 0) is 89.9 Å². The molecule has 6 nitrogen and oxygen atoms in total. The Kier molecular flexibility index (Phi) is 50.4. The summed E-state index contributed by atoms with van der Waals surface area (Å²) in [5.41, 5.74) is 0. The van der Waals surface area contributed by atoms with Crippen molar-refractivity contribution in [2.75, 3.05) is 13.2 Å². The fourth-order valence-electron chi connectivity index (χ4n) is 7.33. The monoisotopic (exact) mass is 905 g/mol. The van der Waals surface area contributed by atoms with E-state index in [1.165, 1.54) is 70.6 Å². The number of ether oxygens (including phenoxy) is 3. The molecule has 6 heteroatoms. The Hall–Kier alpha value is -3.41. The van der Waals surface area contributed by atoms with Crippen molar-refractivity contribution in [2.45, 2.75) is 258 Å². The van der Waals surface area contributed by atoms with Crippen molar-refractivity contribution in [1.29, 1.82) is 0 Å². The van der Waals surface area contributed by atoms with Crippen molar-refractivity contribution in [1.82, 2.24) is 0 Å². The minimum atomic E-state index is -0.790. The molecule has 0 aliphatic carbocycles. The zero-order chi connectivity index (χ0) is 47.2. The fraction of sp³-hybridized carbons (Fsp3) is 0.712. The minimum absolute atomic E-state index is 0.0872. The van der Waals surface area contributed by atoms with Gasteiger partial charge in [0.15, 0.2) is 6.10 Å². The number of hydrogen-bond acceptors (Lipinski definition) is 6. The first-order valence-electron chi connectivity index (χ1n) is 27.1. The highest BCUT2D eigenvalue weighted by Crippen LogP contribution is 2.15. The van der Waals surface area contributed by atoms with Crippen LogP contribution in [0.2, 0.25) is 0 Å². The lowest BCUT2D eigenvalue weighted by Crippen LogP contribution is -2.30. The molecule has 0 aromatic rings. The molecular weight excluding hydrogens is 805 g/mol. The average Bonchev–Trinajstić information content (AvgIpc) is 3.30. The number of carbonyl (C=O) groups excluding carboxylic acids is 3. The molecule has 0 bridgehead atoms. The zero-order valence-corrected chi connectivity index (χ0v) is 42.5. The van der Waals surface area contributed by atoms with Crippen LogP contribution in [-0.4, -0.2) is 37.2 Å². The third kappa shape index (κ3) is 51.4. The Morgan fingerprint density at radius 1 is 0.323 bits per heavy atom. The van der Waals surface area contributed by atoms with E-state index in [0.29, 0.717) is 19.3 Å². The molecular formula is C59H100O6. The molecule has 0 fully saturated rings. The van der Waals surface area contributed by atoms with Gasteiger partial charge in [-0.2, -0.15) is 0 Å². The molecule has 0 aliphatic heterocycles. The molecule has 65 heavy (non-hydrogen) atoms. The van der Waals surface area contributed by atoms with E-state index in [9.17, 15) is 14.4 Å². The summed E-state index contributed by atoms with van der Waals surface area (Å²) < 4.78 is 16.8. The first kappa shape index (κ1) is 61.6. The lowest BCUT2D eigenvalue weighted by molar-refractivity contribution is -0.167. The summed E-state index contributed by atoms with van der Waals surface area (Å²) in [5, 5.41) is 0. The molecule has 0 rings (SSSR count). The molecule has 0 heterocycles. The van der Waals surface area contributed by atoms with Gasteiger partial charge in [0.05, 0.1) is 0 Å². The second kappa shape index (κ2) is 53.2. The van der Waals surface area contributed by atoms with Gasteiger partial charge in [0.1, 0.15) is 13.2 Å². The average molecular weight is 905 g/mol. The number of esters is 3. The molecule has 0 radical (unpaired) electrons. The molecule has 0 aromatic heterocycles. The van der Waals surface area contributed by atoms with E-state index in [1.807, 2.05) is 0 Å². The number of carbonyl (C=O) groups is 3. The summed E-state index contributed by atoms with van der Waals surface area (Å²) in [7, 11) is 0. The topological polar surface area (TPSA) is 78.9 Å². The third-order valence-electron chi connectivity index (χ3n) is 11.4. The lowest BCUT2D eigenvalue weighted by Gasteiger charge is -2.18. The van der Waals surface area contributed by atoms with E-state index in [2.05, 4.69) is 106 Å². The van der Waals surface area contributed by atoms with Gasteiger partial charge >= 0.3 is 17.9 Å². The zero-order valence-electron chi connectivity index (χ0n) is 42.5. The van der Waals surface area contributed by atoms with Gasteiger partial charge in [0, 0.05) is 19.3 Å². The smallest absolute Gasteiger partial charge is 0.306 e. The maximum absolute atomic E-state index is 12.8. The maximum atomic E-state index is 12.8. The van der Waals surface area contributed by atoms with Crippen molar-refractivity contribution in [2.24, 2.45) is 0 Å². The molecule has 0 N–H and O–H groups in total. The molecule has 1 unspecified atom stereocenters. The Bertz CT molecular complexity index is 1270. The van der Waals surface area contributed by atoms with E-state index in [0.717, 1.165) is 141 Å². The van der Waals surface area contributed by atoms with Gasteiger partial charge in [-0.15, -0.1) is 0 Å². The quantitative estimate of drug-likeness (QED) is 0.0262. The fourth-order valence-corrected chi connectivity index (χ4v) is 7.33. The summed E-state index contributed by atoms with van der Waals surface area (Å²) in [6.45, 7) is 6.43. The first-order valence-corrected chi connectivity index (χ1v) is 27.1. The summed E-state index contributed by atoms with van der Waals surface area (Å²) in [4.78, 5) is 38.0. The highest BCUT2D eigenvalue weighted by Gasteiger charge is 2.19. The standard InChI is InChI=1S/C59H100O6/c1-4-7-10-13-16-19-22-25-26-27-28-29-30-31-32-35-37-40-43-46-49-52-58(61)64-55-56(65-59(62)53-50-47-44-41-38-34-24-21-18-15-12-9-6-3)54-63-57(60)51-48-45-42-39-36-33-23-20-17-14-11-8-5-2/h7,10,12,15-16,19,21,24-26,28-29,31-32,56H,4-6,8-9,11,13-14,17-18,20,22-23,27,30,33-55H2,1-3H3/b10-7-,15-12-,19-16-,24-21-,26-25-,29-28-,32-31-. The van der Waals surface area contributed by atoms with Crippen molar-refractivity contribution >= 4 is 17.9 Å². The van der Waals surface area contributed by atoms with Crippen molar-refractivity contribution in [3.8, 4) is 0 Å². The number of allylic oxidation sites excluding steroid dienone is 14. The Labute approximate surface area is 401 Å². The highest BCUT2D eigenvalue weighted by molar-refractivity contribution is 5.71. The summed E-state index contributed by atoms with van der Waals surface area (Å²) in [6.07, 6.45) is 68.5.